The van der Waals surface area contributed by atoms with Gasteiger partial charge in [0.2, 0.25) is 5.95 Å². The van der Waals surface area contributed by atoms with Gasteiger partial charge in [0.1, 0.15) is 11.4 Å². The van der Waals surface area contributed by atoms with Crippen molar-refractivity contribution in [2.24, 2.45) is 0 Å². The Kier molecular flexibility index (Phi) is 4.87. The van der Waals surface area contributed by atoms with Crippen LogP contribution < -0.4 is 15.4 Å². The van der Waals surface area contributed by atoms with E-state index in [1.54, 1.807) is 19.3 Å². The number of hydrogen-bond donors (Lipinski definition) is 2. The highest BCUT2D eigenvalue weighted by Gasteiger charge is 2.07. The van der Waals surface area contributed by atoms with Crippen molar-refractivity contribution >= 4 is 17.5 Å². The lowest BCUT2D eigenvalue weighted by Gasteiger charge is -2.07. The molecule has 0 unspecified atom stereocenters. The molecule has 0 aliphatic carbocycles. The standard InChI is InChI=1S/C15H16N4O2/c1-3-9-16-14(20)13-8-10-17-15(19-13)18-11-4-6-12(21-2)7-5-11/h3-8,10H,1,9H2,2H3,(H,16,20)(H,17,18,19). The van der Waals surface area contributed by atoms with Gasteiger partial charge in [-0.1, -0.05) is 6.08 Å². The van der Waals surface area contributed by atoms with Crippen molar-refractivity contribution in [2.75, 3.05) is 19.0 Å². The zero-order valence-electron chi connectivity index (χ0n) is 11.7. The summed E-state index contributed by atoms with van der Waals surface area (Å²) in [4.78, 5) is 20.0. The molecular weight excluding hydrogens is 268 g/mol. The fraction of sp³-hybridized carbons (Fsp3) is 0.133. The molecule has 1 heterocycles. The fourth-order valence-corrected chi connectivity index (χ4v) is 1.60. The Hall–Kier alpha value is -2.89. The van der Waals surface area contributed by atoms with Gasteiger partial charge in [-0.2, -0.15) is 0 Å². The van der Waals surface area contributed by atoms with Gasteiger partial charge in [0.25, 0.3) is 5.91 Å². The summed E-state index contributed by atoms with van der Waals surface area (Å²) < 4.78 is 5.09. The molecule has 0 bridgehead atoms. The Bertz CT molecular complexity index is 626. The second-order valence-electron chi connectivity index (χ2n) is 4.12. The van der Waals surface area contributed by atoms with Gasteiger partial charge in [-0.05, 0) is 30.3 Å². The van der Waals surface area contributed by atoms with Crippen molar-refractivity contribution in [1.82, 2.24) is 15.3 Å². The Labute approximate surface area is 122 Å². The molecule has 0 saturated heterocycles. The van der Waals surface area contributed by atoms with Crippen molar-refractivity contribution in [3.8, 4) is 5.75 Å². The molecule has 0 fully saturated rings. The molecule has 1 amide bonds. The van der Waals surface area contributed by atoms with Gasteiger partial charge in [-0.25, -0.2) is 9.97 Å². The second kappa shape index (κ2) is 7.04. The number of nitrogens with zero attached hydrogens (tertiary/aromatic N) is 2. The van der Waals surface area contributed by atoms with Crippen LogP contribution in [-0.2, 0) is 0 Å². The van der Waals surface area contributed by atoms with Crippen molar-refractivity contribution < 1.29 is 9.53 Å². The van der Waals surface area contributed by atoms with E-state index in [9.17, 15) is 4.79 Å². The Balaban J connectivity index is 2.09. The number of carbonyl (C=O) groups is 1. The number of methoxy groups -OCH3 is 1. The van der Waals surface area contributed by atoms with Crippen molar-refractivity contribution in [1.29, 1.82) is 0 Å². The summed E-state index contributed by atoms with van der Waals surface area (Å²) in [5, 5.41) is 5.69. The normalized spacial score (nSPS) is 9.76. The molecule has 0 saturated carbocycles. The number of anilines is 2. The van der Waals surface area contributed by atoms with E-state index >= 15 is 0 Å². The highest BCUT2D eigenvalue weighted by molar-refractivity contribution is 5.92. The molecule has 21 heavy (non-hydrogen) atoms. The molecule has 2 aromatic rings. The lowest BCUT2D eigenvalue weighted by atomic mass is 10.3. The Morgan fingerprint density at radius 2 is 2.10 bits per heavy atom. The van der Waals surface area contributed by atoms with E-state index in [1.807, 2.05) is 24.3 Å². The summed E-state index contributed by atoms with van der Waals surface area (Å²) in [6, 6.07) is 8.88. The maximum atomic E-state index is 11.8. The van der Waals surface area contributed by atoms with Gasteiger partial charge < -0.3 is 15.4 Å². The number of ether oxygens (including phenoxy) is 1. The zero-order valence-corrected chi connectivity index (χ0v) is 11.7. The number of aromatic nitrogens is 2. The van der Waals surface area contributed by atoms with Crippen molar-refractivity contribution in [3.05, 3.63) is 54.9 Å². The van der Waals surface area contributed by atoms with E-state index in [1.165, 1.54) is 6.20 Å². The predicted octanol–water partition coefficient (Wildman–Crippen LogP) is 2.14. The molecule has 0 radical (unpaired) electrons. The monoisotopic (exact) mass is 284 g/mol. The summed E-state index contributed by atoms with van der Waals surface area (Å²) in [5.41, 5.74) is 1.10. The lowest BCUT2D eigenvalue weighted by Crippen LogP contribution is -2.24. The van der Waals surface area contributed by atoms with Crippen molar-refractivity contribution in [2.45, 2.75) is 0 Å². The third-order valence-corrected chi connectivity index (χ3v) is 2.64. The van der Waals surface area contributed by atoms with E-state index < -0.39 is 0 Å². The largest absolute Gasteiger partial charge is 0.497 e. The van der Waals surface area contributed by atoms with Crippen LogP contribution in [0.25, 0.3) is 0 Å². The average molecular weight is 284 g/mol. The van der Waals surface area contributed by atoms with E-state index in [0.717, 1.165) is 11.4 Å². The van der Waals surface area contributed by atoms with Crippen LogP contribution in [0.1, 0.15) is 10.5 Å². The molecule has 1 aromatic carbocycles. The first-order valence-corrected chi connectivity index (χ1v) is 6.36. The molecule has 6 heteroatoms. The van der Waals surface area contributed by atoms with Crippen LogP contribution >= 0.6 is 0 Å². The van der Waals surface area contributed by atoms with Gasteiger partial charge >= 0.3 is 0 Å². The van der Waals surface area contributed by atoms with Crippen LogP contribution in [0, 0.1) is 0 Å². The van der Waals surface area contributed by atoms with Crippen molar-refractivity contribution in [3.63, 3.8) is 0 Å². The van der Waals surface area contributed by atoms with Crippen LogP contribution in [0.15, 0.2) is 49.2 Å². The Morgan fingerprint density at radius 1 is 1.33 bits per heavy atom. The molecule has 2 rings (SSSR count). The number of benzene rings is 1. The molecule has 1 aromatic heterocycles. The minimum Gasteiger partial charge on any atom is -0.497 e. The second-order valence-corrected chi connectivity index (χ2v) is 4.12. The number of hydrogen-bond acceptors (Lipinski definition) is 5. The first-order valence-electron chi connectivity index (χ1n) is 6.36. The summed E-state index contributed by atoms with van der Waals surface area (Å²) in [5.74, 6) is 0.848. The molecule has 0 spiro atoms. The van der Waals surface area contributed by atoms with Crippen LogP contribution in [0.3, 0.4) is 0 Å². The molecule has 0 aliphatic rings. The third kappa shape index (κ3) is 4.04. The molecule has 108 valence electrons. The highest BCUT2D eigenvalue weighted by atomic mass is 16.5. The number of carbonyl (C=O) groups excluding carboxylic acids is 1. The van der Waals surface area contributed by atoms with Gasteiger partial charge in [0.15, 0.2) is 0 Å². The molecule has 2 N–H and O–H groups in total. The van der Waals surface area contributed by atoms with Gasteiger partial charge in [0, 0.05) is 18.4 Å². The smallest absolute Gasteiger partial charge is 0.270 e. The van der Waals surface area contributed by atoms with Crippen LogP contribution in [-0.4, -0.2) is 29.5 Å². The van der Waals surface area contributed by atoms with E-state index in [0.29, 0.717) is 18.2 Å². The summed E-state index contributed by atoms with van der Waals surface area (Å²) in [6.07, 6.45) is 3.14. The highest BCUT2D eigenvalue weighted by Crippen LogP contribution is 2.17. The maximum Gasteiger partial charge on any atom is 0.270 e. The lowest BCUT2D eigenvalue weighted by molar-refractivity contribution is 0.0953. The summed E-state index contributed by atoms with van der Waals surface area (Å²) in [7, 11) is 1.61. The average Bonchev–Trinajstić information content (AvgIpc) is 2.53. The molecular formula is C15H16N4O2. The quantitative estimate of drug-likeness (QED) is 0.795. The Morgan fingerprint density at radius 3 is 2.76 bits per heavy atom. The third-order valence-electron chi connectivity index (χ3n) is 2.64. The number of nitrogens with one attached hydrogen (secondary N) is 2. The summed E-state index contributed by atoms with van der Waals surface area (Å²) in [6.45, 7) is 3.94. The first-order chi connectivity index (χ1) is 10.2. The van der Waals surface area contributed by atoms with Crippen LogP contribution in [0.5, 0.6) is 5.75 Å². The van der Waals surface area contributed by atoms with Gasteiger partial charge in [0.05, 0.1) is 7.11 Å². The van der Waals surface area contributed by atoms with E-state index in [-0.39, 0.29) is 5.91 Å². The number of amides is 1. The first kappa shape index (κ1) is 14.5. The van der Waals surface area contributed by atoms with Crippen LogP contribution in [0.4, 0.5) is 11.6 Å². The zero-order chi connectivity index (χ0) is 15.1. The van der Waals surface area contributed by atoms with E-state index in [2.05, 4.69) is 27.2 Å². The maximum absolute atomic E-state index is 11.8. The minimum absolute atomic E-state index is 0.268. The molecule has 0 atom stereocenters. The summed E-state index contributed by atoms with van der Waals surface area (Å²) >= 11 is 0. The predicted molar refractivity (Wildman–Crippen MR) is 80.8 cm³/mol. The van der Waals surface area contributed by atoms with Crippen LogP contribution in [0.2, 0.25) is 0 Å². The molecule has 0 aliphatic heterocycles. The van der Waals surface area contributed by atoms with Gasteiger partial charge in [-0.3, -0.25) is 4.79 Å². The number of rotatable bonds is 6. The fourth-order valence-electron chi connectivity index (χ4n) is 1.60. The topological polar surface area (TPSA) is 76.1 Å². The molecule has 6 nitrogen and oxygen atoms in total. The SMILES string of the molecule is C=CCNC(=O)c1ccnc(Nc2ccc(OC)cc2)n1. The van der Waals surface area contributed by atoms with E-state index in [4.69, 9.17) is 4.74 Å². The van der Waals surface area contributed by atoms with Gasteiger partial charge in [-0.15, -0.1) is 6.58 Å². The minimum atomic E-state index is -0.268.